The Morgan fingerprint density at radius 3 is 1.57 bits per heavy atom. The summed E-state index contributed by atoms with van der Waals surface area (Å²) >= 11 is 0. The lowest BCUT2D eigenvalue weighted by atomic mass is 10.2. The second kappa shape index (κ2) is 8.22. The Balaban J connectivity index is 1.47. The third-order valence-corrected chi connectivity index (χ3v) is 3.68. The van der Waals surface area contributed by atoms with Crippen LogP contribution < -0.4 is 0 Å². The summed E-state index contributed by atoms with van der Waals surface area (Å²) in [4.78, 5) is 0. The molecule has 23 heavy (non-hydrogen) atoms. The second-order valence-corrected chi connectivity index (χ2v) is 5.56. The first-order valence-electron chi connectivity index (χ1n) is 7.88. The van der Waals surface area contributed by atoms with Gasteiger partial charge in [0.2, 0.25) is 5.79 Å². The highest BCUT2D eigenvalue weighted by Gasteiger charge is 2.37. The molecular formula is C19H22O4. The normalized spacial score (nSPS) is 16.5. The molecule has 0 radical (unpaired) electrons. The summed E-state index contributed by atoms with van der Waals surface area (Å²) in [6.45, 7) is 2.93. The van der Waals surface area contributed by atoms with E-state index < -0.39 is 5.79 Å². The van der Waals surface area contributed by atoms with Gasteiger partial charge in [-0.1, -0.05) is 60.7 Å². The average molecular weight is 314 g/mol. The van der Waals surface area contributed by atoms with Crippen LogP contribution in [0.1, 0.15) is 11.1 Å². The summed E-state index contributed by atoms with van der Waals surface area (Å²) in [6.07, 6.45) is 0. The number of benzene rings is 2. The Kier molecular flexibility index (Phi) is 5.77. The van der Waals surface area contributed by atoms with Crippen LogP contribution in [-0.2, 0) is 32.2 Å². The van der Waals surface area contributed by atoms with E-state index >= 15 is 0 Å². The minimum Gasteiger partial charge on any atom is -0.371 e. The van der Waals surface area contributed by atoms with E-state index in [0.717, 1.165) is 11.1 Å². The van der Waals surface area contributed by atoms with E-state index in [9.17, 15) is 0 Å². The van der Waals surface area contributed by atoms with Gasteiger partial charge in [-0.2, -0.15) is 0 Å². The molecule has 1 fully saturated rings. The lowest BCUT2D eigenvalue weighted by Crippen LogP contribution is -2.41. The first-order valence-corrected chi connectivity index (χ1v) is 7.88. The molecule has 0 unspecified atom stereocenters. The van der Waals surface area contributed by atoms with Crippen molar-refractivity contribution in [2.45, 2.75) is 19.0 Å². The fourth-order valence-corrected chi connectivity index (χ4v) is 2.50. The van der Waals surface area contributed by atoms with E-state index in [2.05, 4.69) is 0 Å². The Bertz CT molecular complexity index is 517. The van der Waals surface area contributed by atoms with Gasteiger partial charge < -0.3 is 18.9 Å². The molecule has 0 N–H and O–H groups in total. The maximum Gasteiger partial charge on any atom is 0.216 e. The summed E-state index contributed by atoms with van der Waals surface area (Å²) in [5, 5.41) is 0. The third-order valence-electron chi connectivity index (χ3n) is 3.68. The van der Waals surface area contributed by atoms with Gasteiger partial charge in [0.1, 0.15) is 13.2 Å². The van der Waals surface area contributed by atoms with Crippen molar-refractivity contribution in [3.63, 3.8) is 0 Å². The summed E-state index contributed by atoms with van der Waals surface area (Å²) in [5.74, 6) is -0.788. The van der Waals surface area contributed by atoms with Gasteiger partial charge in [0.05, 0.1) is 26.4 Å². The smallest absolute Gasteiger partial charge is 0.216 e. The number of hydrogen-bond donors (Lipinski definition) is 0. The fourth-order valence-electron chi connectivity index (χ4n) is 2.50. The molecular weight excluding hydrogens is 292 g/mol. The van der Waals surface area contributed by atoms with Crippen molar-refractivity contribution in [1.82, 2.24) is 0 Å². The molecule has 4 heteroatoms. The zero-order valence-corrected chi connectivity index (χ0v) is 13.1. The number of hydrogen-bond acceptors (Lipinski definition) is 4. The van der Waals surface area contributed by atoms with Crippen LogP contribution in [0.2, 0.25) is 0 Å². The van der Waals surface area contributed by atoms with Gasteiger partial charge in [0, 0.05) is 0 Å². The topological polar surface area (TPSA) is 36.9 Å². The van der Waals surface area contributed by atoms with Crippen LogP contribution in [0.25, 0.3) is 0 Å². The van der Waals surface area contributed by atoms with Crippen LogP contribution in [0.5, 0.6) is 0 Å². The second-order valence-electron chi connectivity index (χ2n) is 5.56. The molecule has 0 bridgehead atoms. The first kappa shape index (κ1) is 16.1. The van der Waals surface area contributed by atoms with E-state index in [1.165, 1.54) is 0 Å². The molecule has 0 amide bonds. The number of ether oxygens (including phenoxy) is 4. The van der Waals surface area contributed by atoms with E-state index in [0.29, 0.717) is 39.6 Å². The lowest BCUT2D eigenvalue weighted by Gasteiger charge is -2.27. The minimum atomic E-state index is -0.788. The maximum atomic E-state index is 5.78. The Morgan fingerprint density at radius 2 is 1.13 bits per heavy atom. The van der Waals surface area contributed by atoms with Crippen molar-refractivity contribution in [3.8, 4) is 0 Å². The standard InChI is InChI=1S/C19H22O4/c1-3-7-17(8-4-1)13-20-15-19(22-11-12-23-19)16-21-14-18-9-5-2-6-10-18/h1-10H,11-16H2. The molecule has 0 aliphatic carbocycles. The van der Waals surface area contributed by atoms with Gasteiger partial charge in [-0.05, 0) is 11.1 Å². The van der Waals surface area contributed by atoms with Crippen LogP contribution in [0.15, 0.2) is 60.7 Å². The molecule has 2 aromatic rings. The van der Waals surface area contributed by atoms with E-state index in [1.54, 1.807) is 0 Å². The van der Waals surface area contributed by atoms with E-state index in [4.69, 9.17) is 18.9 Å². The Hall–Kier alpha value is -1.72. The highest BCUT2D eigenvalue weighted by atomic mass is 16.8. The van der Waals surface area contributed by atoms with Gasteiger partial charge in [0.15, 0.2) is 0 Å². The summed E-state index contributed by atoms with van der Waals surface area (Å²) in [5.41, 5.74) is 2.26. The maximum absolute atomic E-state index is 5.78. The highest BCUT2D eigenvalue weighted by Crippen LogP contribution is 2.21. The van der Waals surface area contributed by atoms with Gasteiger partial charge in [-0.25, -0.2) is 0 Å². The van der Waals surface area contributed by atoms with Crippen molar-refractivity contribution in [3.05, 3.63) is 71.8 Å². The number of rotatable bonds is 8. The average Bonchev–Trinajstić information content (AvgIpc) is 3.06. The SMILES string of the molecule is c1ccc(COCC2(COCc3ccccc3)OCCO2)cc1. The predicted molar refractivity (Wildman–Crippen MR) is 86.8 cm³/mol. The van der Waals surface area contributed by atoms with Crippen molar-refractivity contribution < 1.29 is 18.9 Å². The van der Waals surface area contributed by atoms with Crippen molar-refractivity contribution in [1.29, 1.82) is 0 Å². The van der Waals surface area contributed by atoms with Crippen LogP contribution in [0, 0.1) is 0 Å². The highest BCUT2D eigenvalue weighted by molar-refractivity contribution is 5.14. The molecule has 3 rings (SSSR count). The molecule has 0 aromatic heterocycles. The molecule has 0 atom stereocenters. The molecule has 1 aliphatic rings. The molecule has 4 nitrogen and oxygen atoms in total. The molecule has 0 spiro atoms. The van der Waals surface area contributed by atoms with Crippen molar-refractivity contribution in [2.24, 2.45) is 0 Å². The molecule has 1 heterocycles. The lowest BCUT2D eigenvalue weighted by molar-refractivity contribution is -0.226. The van der Waals surface area contributed by atoms with Crippen molar-refractivity contribution >= 4 is 0 Å². The van der Waals surface area contributed by atoms with Crippen LogP contribution >= 0.6 is 0 Å². The van der Waals surface area contributed by atoms with E-state index in [1.807, 2.05) is 60.7 Å². The minimum absolute atomic E-state index is 0.358. The van der Waals surface area contributed by atoms with Gasteiger partial charge >= 0.3 is 0 Å². The van der Waals surface area contributed by atoms with Crippen LogP contribution in [0.3, 0.4) is 0 Å². The first-order chi connectivity index (χ1) is 11.4. The zero-order valence-electron chi connectivity index (χ0n) is 13.1. The molecule has 1 saturated heterocycles. The largest absolute Gasteiger partial charge is 0.371 e. The predicted octanol–water partition coefficient (Wildman–Crippen LogP) is 3.16. The van der Waals surface area contributed by atoms with Gasteiger partial charge in [-0.15, -0.1) is 0 Å². The van der Waals surface area contributed by atoms with Gasteiger partial charge in [-0.3, -0.25) is 0 Å². The quantitative estimate of drug-likeness (QED) is 0.750. The molecule has 122 valence electrons. The summed E-state index contributed by atoms with van der Waals surface area (Å²) in [6, 6.07) is 20.1. The van der Waals surface area contributed by atoms with Crippen molar-refractivity contribution in [2.75, 3.05) is 26.4 Å². The molecule has 0 saturated carbocycles. The monoisotopic (exact) mass is 314 g/mol. The van der Waals surface area contributed by atoms with Crippen LogP contribution in [0.4, 0.5) is 0 Å². The molecule has 1 aliphatic heterocycles. The summed E-state index contributed by atoms with van der Waals surface area (Å²) in [7, 11) is 0. The van der Waals surface area contributed by atoms with Gasteiger partial charge in [0.25, 0.3) is 0 Å². The summed E-state index contributed by atoms with van der Waals surface area (Å²) < 4.78 is 23.0. The van der Waals surface area contributed by atoms with Crippen LogP contribution in [-0.4, -0.2) is 32.2 Å². The van der Waals surface area contributed by atoms with E-state index in [-0.39, 0.29) is 0 Å². The third kappa shape index (κ3) is 4.88. The Morgan fingerprint density at radius 1 is 0.696 bits per heavy atom. The Labute approximate surface area is 136 Å². The zero-order chi connectivity index (χ0) is 15.8. The fraction of sp³-hybridized carbons (Fsp3) is 0.368. The molecule has 2 aromatic carbocycles.